The Morgan fingerprint density at radius 3 is 2.38 bits per heavy atom. The van der Waals surface area contributed by atoms with E-state index in [2.05, 4.69) is 0 Å². The second-order valence-corrected chi connectivity index (χ2v) is 6.33. The van der Waals surface area contributed by atoms with Crippen molar-refractivity contribution >= 4 is 28.7 Å². The number of hydrogen-bond acceptors (Lipinski definition) is 4. The van der Waals surface area contributed by atoms with E-state index in [-0.39, 0.29) is 11.7 Å². The lowest BCUT2D eigenvalue weighted by atomic mass is 10.0. The zero-order valence-electron chi connectivity index (χ0n) is 10.8. The Labute approximate surface area is 131 Å². The number of rotatable bonds is 3. The largest absolute Gasteiger partial charge is 0.293 e. The van der Waals surface area contributed by atoms with E-state index in [1.807, 2.05) is 17.5 Å². The number of halogens is 1. The van der Waals surface area contributed by atoms with Gasteiger partial charge in [0, 0.05) is 10.9 Å². The fourth-order valence-electron chi connectivity index (χ4n) is 2.75. The Morgan fingerprint density at radius 2 is 1.86 bits per heavy atom. The normalized spacial score (nSPS) is 22.0. The summed E-state index contributed by atoms with van der Waals surface area (Å²) in [5.41, 5.74) is -0.466. The van der Waals surface area contributed by atoms with E-state index >= 15 is 0 Å². The first-order valence-electron chi connectivity index (χ1n) is 6.29. The second-order valence-electron chi connectivity index (χ2n) is 4.94. The van der Waals surface area contributed by atoms with Gasteiger partial charge in [0.15, 0.2) is 11.2 Å². The number of Topliss-reactive ketones (excluding diaryl/α,β-unsaturated/α-hetero) is 1. The molecule has 0 amide bonds. The molecule has 0 spiro atoms. The molecule has 0 bridgehead atoms. The van der Waals surface area contributed by atoms with Gasteiger partial charge in [-0.25, -0.2) is 0 Å². The summed E-state index contributed by atoms with van der Waals surface area (Å²) >= 11 is 7.19. The minimum atomic E-state index is -1.27. The summed E-state index contributed by atoms with van der Waals surface area (Å²) in [5, 5.41) is 21.2. The third-order valence-corrected chi connectivity index (χ3v) is 4.99. The molecule has 0 N–H and O–H groups in total. The van der Waals surface area contributed by atoms with Crippen molar-refractivity contribution in [1.82, 2.24) is 0 Å². The molecule has 1 aliphatic rings. The van der Waals surface area contributed by atoms with Crippen molar-refractivity contribution < 1.29 is 4.79 Å². The number of benzene rings is 1. The van der Waals surface area contributed by atoms with Crippen molar-refractivity contribution in [3.05, 3.63) is 57.2 Å². The molecule has 2 aromatic rings. The molecular weight excluding hydrogens is 304 g/mol. The average molecular weight is 313 g/mol. The van der Waals surface area contributed by atoms with Gasteiger partial charge in [-0.05, 0) is 29.1 Å². The fourth-order valence-corrected chi connectivity index (χ4v) is 3.58. The molecule has 1 aliphatic carbocycles. The van der Waals surface area contributed by atoms with Crippen LogP contribution in [0.5, 0.6) is 0 Å². The number of carbonyl (C=O) groups is 1. The molecule has 21 heavy (non-hydrogen) atoms. The van der Waals surface area contributed by atoms with Gasteiger partial charge >= 0.3 is 0 Å². The highest BCUT2D eigenvalue weighted by Crippen LogP contribution is 2.65. The van der Waals surface area contributed by atoms with Crippen molar-refractivity contribution in [3.63, 3.8) is 0 Å². The van der Waals surface area contributed by atoms with Crippen molar-refractivity contribution in [2.75, 3.05) is 0 Å². The summed E-state index contributed by atoms with van der Waals surface area (Å²) in [6.07, 6.45) is 0. The molecule has 0 radical (unpaired) electrons. The van der Waals surface area contributed by atoms with Crippen LogP contribution in [0.25, 0.3) is 0 Å². The first kappa shape index (κ1) is 13.8. The number of thiophene rings is 1. The molecule has 3 rings (SSSR count). The average Bonchev–Trinajstić information content (AvgIpc) is 2.87. The molecule has 0 unspecified atom stereocenters. The van der Waals surface area contributed by atoms with Crippen LogP contribution in [-0.2, 0) is 0 Å². The highest BCUT2D eigenvalue weighted by atomic mass is 35.5. The number of hydrogen-bond donors (Lipinski definition) is 0. The number of nitrogens with zero attached hydrogens (tertiary/aromatic N) is 2. The number of ketones is 1. The Balaban J connectivity index is 2.00. The van der Waals surface area contributed by atoms with E-state index in [0.29, 0.717) is 9.90 Å². The van der Waals surface area contributed by atoms with Gasteiger partial charge in [0.05, 0.1) is 22.9 Å². The van der Waals surface area contributed by atoms with Crippen LogP contribution in [0.4, 0.5) is 0 Å². The van der Waals surface area contributed by atoms with E-state index in [1.54, 1.807) is 36.4 Å². The SMILES string of the molecule is N#CC1(C#N)[C@@H](C(=O)c2cccs2)[C@@H]1c1ccc(Cl)cc1. The number of nitriles is 2. The molecule has 102 valence electrons. The third kappa shape index (κ3) is 2.05. The maximum atomic E-state index is 12.5. The maximum Gasteiger partial charge on any atom is 0.179 e. The van der Waals surface area contributed by atoms with Crippen LogP contribution in [0.3, 0.4) is 0 Å². The highest BCUT2D eigenvalue weighted by Gasteiger charge is 2.70. The zero-order valence-corrected chi connectivity index (χ0v) is 12.4. The zero-order chi connectivity index (χ0) is 15.0. The summed E-state index contributed by atoms with van der Waals surface area (Å²) in [6.45, 7) is 0. The first-order chi connectivity index (χ1) is 10.1. The van der Waals surface area contributed by atoms with Crippen molar-refractivity contribution in [2.45, 2.75) is 5.92 Å². The predicted octanol–water partition coefficient (Wildman–Crippen LogP) is 4.03. The van der Waals surface area contributed by atoms with Crippen LogP contribution in [0.15, 0.2) is 41.8 Å². The monoisotopic (exact) mass is 312 g/mol. The lowest BCUT2D eigenvalue weighted by molar-refractivity contribution is 0.0962. The van der Waals surface area contributed by atoms with Crippen LogP contribution in [0.2, 0.25) is 5.02 Å². The minimum Gasteiger partial charge on any atom is -0.293 e. The quantitative estimate of drug-likeness (QED) is 0.804. The van der Waals surface area contributed by atoms with Gasteiger partial charge in [0.25, 0.3) is 0 Å². The molecular formula is C16H9ClN2OS. The molecule has 1 aromatic carbocycles. The topological polar surface area (TPSA) is 64.7 Å². The van der Waals surface area contributed by atoms with Crippen molar-refractivity contribution in [2.24, 2.45) is 11.3 Å². The number of carbonyl (C=O) groups excluding carboxylic acids is 1. The maximum absolute atomic E-state index is 12.5. The summed E-state index contributed by atoms with van der Waals surface area (Å²) in [6, 6.07) is 14.6. The predicted molar refractivity (Wildman–Crippen MR) is 80.0 cm³/mol. The van der Waals surface area contributed by atoms with Gasteiger partial charge in [-0.3, -0.25) is 4.79 Å². The van der Waals surface area contributed by atoms with Crippen LogP contribution in [-0.4, -0.2) is 5.78 Å². The van der Waals surface area contributed by atoms with E-state index < -0.39 is 11.3 Å². The Morgan fingerprint density at radius 1 is 1.19 bits per heavy atom. The molecule has 1 heterocycles. The molecule has 2 atom stereocenters. The second kappa shape index (κ2) is 5.00. The van der Waals surface area contributed by atoms with Gasteiger partial charge in [0.1, 0.15) is 0 Å². The molecule has 3 nitrogen and oxygen atoms in total. The highest BCUT2D eigenvalue weighted by molar-refractivity contribution is 7.12. The van der Waals surface area contributed by atoms with Gasteiger partial charge in [0.2, 0.25) is 0 Å². The molecule has 0 saturated heterocycles. The third-order valence-electron chi connectivity index (χ3n) is 3.85. The molecule has 5 heteroatoms. The molecule has 1 fully saturated rings. The smallest absolute Gasteiger partial charge is 0.179 e. The first-order valence-corrected chi connectivity index (χ1v) is 7.55. The van der Waals surface area contributed by atoms with E-state index in [0.717, 1.165) is 5.56 Å². The molecule has 1 aromatic heterocycles. The summed E-state index contributed by atoms with van der Waals surface area (Å²) in [4.78, 5) is 13.1. The van der Waals surface area contributed by atoms with Gasteiger partial charge in [-0.15, -0.1) is 11.3 Å². The summed E-state index contributed by atoms with van der Waals surface area (Å²) in [7, 11) is 0. The molecule has 1 saturated carbocycles. The van der Waals surface area contributed by atoms with E-state index in [4.69, 9.17) is 11.6 Å². The molecule has 0 aliphatic heterocycles. The van der Waals surface area contributed by atoms with Gasteiger partial charge < -0.3 is 0 Å². The lowest BCUT2D eigenvalue weighted by Crippen LogP contribution is -2.06. The Hall–Kier alpha value is -2.14. The van der Waals surface area contributed by atoms with Crippen LogP contribution >= 0.6 is 22.9 Å². The fraction of sp³-hybridized carbons (Fsp3) is 0.188. The van der Waals surface area contributed by atoms with E-state index in [1.165, 1.54) is 11.3 Å². The van der Waals surface area contributed by atoms with E-state index in [9.17, 15) is 15.3 Å². The Bertz CT molecular complexity index is 754. The van der Waals surface area contributed by atoms with Gasteiger partial charge in [-0.2, -0.15) is 10.5 Å². The summed E-state index contributed by atoms with van der Waals surface area (Å²) in [5.74, 6) is -1.13. The van der Waals surface area contributed by atoms with Crippen LogP contribution < -0.4 is 0 Å². The lowest BCUT2D eigenvalue weighted by Gasteiger charge is -1.99. The van der Waals surface area contributed by atoms with Crippen LogP contribution in [0.1, 0.15) is 21.2 Å². The van der Waals surface area contributed by atoms with Crippen LogP contribution in [0, 0.1) is 34.0 Å². The van der Waals surface area contributed by atoms with Crippen molar-refractivity contribution in [3.8, 4) is 12.1 Å². The standard InChI is InChI=1S/C16H9ClN2OS/c17-11-5-3-10(4-6-11)13-14(16(13,8-18)9-19)15(20)12-2-1-7-21-12/h1-7,13-14H/t13-,14+/m0/s1. The minimum absolute atomic E-state index is 0.131. The summed E-state index contributed by atoms with van der Waals surface area (Å²) < 4.78 is 0. The Kier molecular flexibility index (Phi) is 3.29. The van der Waals surface area contributed by atoms with Crippen molar-refractivity contribution in [1.29, 1.82) is 10.5 Å². The van der Waals surface area contributed by atoms with Gasteiger partial charge in [-0.1, -0.05) is 29.8 Å².